The molecule has 0 nitrogen and oxygen atoms in total. The maximum absolute atomic E-state index is 2.58. The fraction of sp³-hybridized carbons (Fsp3) is 0.136. The highest BCUT2D eigenvalue weighted by Crippen LogP contribution is 2.54. The van der Waals surface area contributed by atoms with Gasteiger partial charge in [0.15, 0.2) is 0 Å². The maximum Gasteiger partial charge on any atom is 0.243 e. The summed E-state index contributed by atoms with van der Waals surface area (Å²) < 4.78 is 0. The van der Waals surface area contributed by atoms with Gasteiger partial charge < -0.3 is 0 Å². The molecule has 214 valence electrons. The minimum atomic E-state index is -0.133. The first kappa shape index (κ1) is 26.5. The van der Waals surface area contributed by atoms with E-state index in [2.05, 4.69) is 156 Å². The first-order chi connectivity index (χ1) is 21.8. The van der Waals surface area contributed by atoms with Gasteiger partial charge in [0.05, 0.1) is 0 Å². The van der Waals surface area contributed by atoms with E-state index >= 15 is 0 Å². The summed E-state index contributed by atoms with van der Waals surface area (Å²) in [5.74, 6) is 0. The Morgan fingerprint density at radius 2 is 1.09 bits per heavy atom. The highest BCUT2D eigenvalue weighted by Gasteiger charge is 2.42. The molecule has 0 bridgehead atoms. The molecular formula is C44H35B. The van der Waals surface area contributed by atoms with Crippen molar-refractivity contribution >= 4 is 44.6 Å². The molecule has 0 fully saturated rings. The Morgan fingerprint density at radius 1 is 0.467 bits per heavy atom. The highest BCUT2D eigenvalue weighted by atomic mass is 14.4. The smallest absolute Gasteiger partial charge is 0.0664 e. The Balaban J connectivity index is 1.35. The van der Waals surface area contributed by atoms with Gasteiger partial charge in [0, 0.05) is 5.41 Å². The summed E-state index contributed by atoms with van der Waals surface area (Å²) in [7, 11) is 0. The normalized spacial score (nSPS) is 14.0. The second-order valence-corrected chi connectivity index (χ2v) is 13.9. The van der Waals surface area contributed by atoms with Crippen molar-refractivity contribution in [3.63, 3.8) is 0 Å². The van der Waals surface area contributed by atoms with Crippen LogP contribution in [0.5, 0.6) is 0 Å². The SMILES string of the molecule is Cc1cc(C)c(B2c3ccccc3-c3cc4c(cc32)-c2c(cc(-c3cccc5ccccc35)c3ccccc23)C4(C)C)c(C)c1. The van der Waals surface area contributed by atoms with Crippen LogP contribution < -0.4 is 16.4 Å². The second-order valence-electron chi connectivity index (χ2n) is 13.9. The van der Waals surface area contributed by atoms with E-state index in [1.165, 1.54) is 99.1 Å². The van der Waals surface area contributed by atoms with Gasteiger partial charge in [-0.15, -0.1) is 0 Å². The first-order valence-electron chi connectivity index (χ1n) is 16.2. The molecule has 2 aliphatic rings. The molecule has 0 radical (unpaired) electrons. The average molecular weight is 575 g/mol. The molecule has 1 heterocycles. The van der Waals surface area contributed by atoms with Crippen LogP contribution >= 0.6 is 0 Å². The summed E-state index contributed by atoms with van der Waals surface area (Å²) >= 11 is 0. The standard InChI is InChI=1S/C44H35B/c1-26-21-27(2)43(28(3)22-26)45-40-20-11-10-17-33(40)36-24-38-37(25-41(36)45)42-34-18-9-8-16-32(34)35(23-39(42)44(38,4)5)31-19-12-14-29-13-6-7-15-30(29)31/h6-25H,1-5H3. The lowest BCUT2D eigenvalue weighted by atomic mass is 9.37. The van der Waals surface area contributed by atoms with Crippen LogP contribution in [0.4, 0.5) is 0 Å². The Hall–Kier alpha value is -4.88. The van der Waals surface area contributed by atoms with Crippen molar-refractivity contribution in [1.82, 2.24) is 0 Å². The number of hydrogen-bond donors (Lipinski definition) is 0. The molecule has 7 aromatic rings. The predicted octanol–water partition coefficient (Wildman–Crippen LogP) is 9.39. The average Bonchev–Trinajstić information content (AvgIpc) is 3.47. The third-order valence-corrected chi connectivity index (χ3v) is 10.8. The van der Waals surface area contributed by atoms with Crippen LogP contribution in [0, 0.1) is 20.8 Å². The fourth-order valence-corrected chi connectivity index (χ4v) is 8.92. The molecule has 0 saturated heterocycles. The molecule has 45 heavy (non-hydrogen) atoms. The van der Waals surface area contributed by atoms with Gasteiger partial charge in [-0.3, -0.25) is 0 Å². The van der Waals surface area contributed by atoms with Gasteiger partial charge in [-0.2, -0.15) is 0 Å². The van der Waals surface area contributed by atoms with E-state index in [1.807, 2.05) is 0 Å². The quantitative estimate of drug-likeness (QED) is 0.181. The van der Waals surface area contributed by atoms with Crippen LogP contribution in [-0.4, -0.2) is 6.71 Å². The van der Waals surface area contributed by atoms with Crippen molar-refractivity contribution < 1.29 is 0 Å². The minimum Gasteiger partial charge on any atom is -0.0664 e. The zero-order valence-corrected chi connectivity index (χ0v) is 26.6. The van der Waals surface area contributed by atoms with Gasteiger partial charge in [-0.25, -0.2) is 0 Å². The summed E-state index contributed by atoms with van der Waals surface area (Å²) in [5.41, 5.74) is 19.4. The van der Waals surface area contributed by atoms with Crippen LogP contribution in [0.2, 0.25) is 0 Å². The van der Waals surface area contributed by atoms with Gasteiger partial charge in [0.1, 0.15) is 0 Å². The van der Waals surface area contributed by atoms with Gasteiger partial charge in [-0.1, -0.05) is 162 Å². The Bertz CT molecular complexity index is 2360. The lowest BCUT2D eigenvalue weighted by Crippen LogP contribution is -2.51. The molecule has 0 N–H and O–H groups in total. The lowest BCUT2D eigenvalue weighted by molar-refractivity contribution is 0.661. The van der Waals surface area contributed by atoms with E-state index in [4.69, 9.17) is 0 Å². The van der Waals surface area contributed by atoms with E-state index in [0.29, 0.717) is 0 Å². The van der Waals surface area contributed by atoms with Crippen molar-refractivity contribution in [2.24, 2.45) is 0 Å². The number of benzene rings is 7. The first-order valence-corrected chi connectivity index (χ1v) is 16.2. The summed E-state index contributed by atoms with van der Waals surface area (Å²) in [4.78, 5) is 0. The van der Waals surface area contributed by atoms with Crippen LogP contribution in [-0.2, 0) is 5.41 Å². The van der Waals surface area contributed by atoms with Crippen LogP contribution in [0.25, 0.3) is 54.9 Å². The minimum absolute atomic E-state index is 0.133. The van der Waals surface area contributed by atoms with Crippen molar-refractivity contribution in [3.8, 4) is 33.4 Å². The van der Waals surface area contributed by atoms with E-state index in [0.717, 1.165) is 0 Å². The van der Waals surface area contributed by atoms with Crippen molar-refractivity contribution in [2.75, 3.05) is 0 Å². The van der Waals surface area contributed by atoms with Gasteiger partial charge in [0.2, 0.25) is 6.71 Å². The number of fused-ring (bicyclic) bond motifs is 9. The highest BCUT2D eigenvalue weighted by molar-refractivity contribution is 6.99. The Kier molecular flexibility index (Phi) is 5.49. The second kappa shape index (κ2) is 9.32. The topological polar surface area (TPSA) is 0 Å². The molecule has 0 aromatic heterocycles. The summed E-state index contributed by atoms with van der Waals surface area (Å²) in [6.45, 7) is 11.9. The Labute approximate surface area is 266 Å². The van der Waals surface area contributed by atoms with Crippen LogP contribution in [0.3, 0.4) is 0 Å². The third-order valence-electron chi connectivity index (χ3n) is 10.8. The number of aryl methyl sites for hydroxylation is 3. The van der Waals surface area contributed by atoms with E-state index in [9.17, 15) is 0 Å². The monoisotopic (exact) mass is 574 g/mol. The van der Waals surface area contributed by atoms with Gasteiger partial charge in [-0.05, 0) is 92.9 Å². The molecule has 0 unspecified atom stereocenters. The molecule has 1 aliphatic heterocycles. The largest absolute Gasteiger partial charge is 0.243 e. The van der Waals surface area contributed by atoms with E-state index < -0.39 is 0 Å². The molecular weight excluding hydrogens is 539 g/mol. The van der Waals surface area contributed by atoms with Gasteiger partial charge >= 0.3 is 0 Å². The number of rotatable bonds is 2. The zero-order chi connectivity index (χ0) is 30.6. The third kappa shape index (κ3) is 3.62. The Morgan fingerprint density at radius 3 is 1.89 bits per heavy atom. The zero-order valence-electron chi connectivity index (χ0n) is 26.6. The van der Waals surface area contributed by atoms with Crippen molar-refractivity contribution in [3.05, 3.63) is 149 Å². The summed E-state index contributed by atoms with van der Waals surface area (Å²) in [6.07, 6.45) is 0. The lowest BCUT2D eigenvalue weighted by Gasteiger charge is -2.24. The van der Waals surface area contributed by atoms with Crippen molar-refractivity contribution in [1.29, 1.82) is 0 Å². The summed E-state index contributed by atoms with van der Waals surface area (Å²) in [5, 5.41) is 5.26. The van der Waals surface area contributed by atoms with E-state index in [-0.39, 0.29) is 12.1 Å². The molecule has 0 saturated carbocycles. The molecule has 0 spiro atoms. The van der Waals surface area contributed by atoms with Crippen LogP contribution in [0.15, 0.2) is 121 Å². The summed E-state index contributed by atoms with van der Waals surface area (Å²) in [6, 6.07) is 46.1. The molecule has 1 aliphatic carbocycles. The maximum atomic E-state index is 2.58. The fourth-order valence-electron chi connectivity index (χ4n) is 8.92. The van der Waals surface area contributed by atoms with Gasteiger partial charge in [0.25, 0.3) is 0 Å². The van der Waals surface area contributed by atoms with E-state index in [1.54, 1.807) is 0 Å². The number of hydrogen-bond acceptors (Lipinski definition) is 0. The molecule has 0 atom stereocenters. The molecule has 7 aromatic carbocycles. The molecule has 1 heteroatoms. The van der Waals surface area contributed by atoms with Crippen LogP contribution in [0.1, 0.15) is 41.7 Å². The predicted molar refractivity (Wildman–Crippen MR) is 195 cm³/mol. The molecule has 0 amide bonds. The van der Waals surface area contributed by atoms with Crippen molar-refractivity contribution in [2.45, 2.75) is 40.0 Å². The molecule has 9 rings (SSSR count).